The minimum absolute atomic E-state index is 0.0311. The molecule has 4 rings (SSSR count). The first-order chi connectivity index (χ1) is 14.9. The van der Waals surface area contributed by atoms with E-state index in [1.807, 2.05) is 19.9 Å². The van der Waals surface area contributed by atoms with Crippen LogP contribution in [-0.4, -0.2) is 47.9 Å². The fraction of sp³-hybridized carbons (Fsp3) is 0.550. The van der Waals surface area contributed by atoms with E-state index < -0.39 is 6.09 Å². The van der Waals surface area contributed by atoms with Gasteiger partial charge >= 0.3 is 6.09 Å². The summed E-state index contributed by atoms with van der Waals surface area (Å²) in [7, 11) is 0. The second-order valence-electron chi connectivity index (χ2n) is 8.32. The van der Waals surface area contributed by atoms with Crippen molar-refractivity contribution >= 4 is 34.1 Å². The summed E-state index contributed by atoms with van der Waals surface area (Å²) in [6.07, 6.45) is 6.07. The van der Waals surface area contributed by atoms with Gasteiger partial charge in [0.1, 0.15) is 5.01 Å². The predicted molar refractivity (Wildman–Crippen MR) is 116 cm³/mol. The zero-order valence-electron chi connectivity index (χ0n) is 17.6. The van der Waals surface area contributed by atoms with Gasteiger partial charge in [-0.25, -0.2) is 14.3 Å². The molecule has 0 aromatic carbocycles. The Morgan fingerprint density at radius 3 is 3.03 bits per heavy atom. The number of H-pyrrole nitrogens is 1. The molecule has 1 fully saturated rings. The smallest absolute Gasteiger partial charge is 0.404 e. The number of fused-ring (bicyclic) bond motifs is 1. The van der Waals surface area contributed by atoms with E-state index in [0.717, 1.165) is 47.8 Å². The van der Waals surface area contributed by atoms with Crippen molar-refractivity contribution in [2.24, 2.45) is 5.92 Å². The average Bonchev–Trinajstić information content (AvgIpc) is 3.43. The van der Waals surface area contributed by atoms with Crippen LogP contribution < -0.4 is 10.6 Å². The second kappa shape index (κ2) is 9.04. The third-order valence-electron chi connectivity index (χ3n) is 5.76. The minimum Gasteiger partial charge on any atom is -0.465 e. The van der Waals surface area contributed by atoms with Crippen LogP contribution in [-0.2, 0) is 11.2 Å². The van der Waals surface area contributed by atoms with Crippen LogP contribution in [0.25, 0.3) is 4.96 Å². The molecule has 4 N–H and O–H groups in total. The third kappa shape index (κ3) is 5.40. The number of hydrogen-bond donors (Lipinski definition) is 4. The van der Waals surface area contributed by atoms with E-state index in [0.29, 0.717) is 23.3 Å². The first-order valence-corrected chi connectivity index (χ1v) is 11.3. The fourth-order valence-corrected chi connectivity index (χ4v) is 5.02. The normalized spacial score (nSPS) is 19.5. The SMILES string of the molecule is Cc1nn2cc(CC(=O)Nc3cc(C4CCC(CC[C@H](C)NC(=O)O)C4)[nH]n3)nc2s1. The van der Waals surface area contributed by atoms with Gasteiger partial charge in [-0.1, -0.05) is 11.3 Å². The summed E-state index contributed by atoms with van der Waals surface area (Å²) in [5.41, 5.74) is 1.72. The maximum atomic E-state index is 12.4. The topological polar surface area (TPSA) is 137 Å². The molecule has 1 aliphatic rings. The Balaban J connectivity index is 1.25. The van der Waals surface area contributed by atoms with Crippen molar-refractivity contribution in [3.63, 3.8) is 0 Å². The van der Waals surface area contributed by atoms with E-state index in [1.54, 1.807) is 10.7 Å². The number of rotatable bonds is 8. The van der Waals surface area contributed by atoms with Crippen LogP contribution >= 0.6 is 11.3 Å². The van der Waals surface area contributed by atoms with Crippen molar-refractivity contribution < 1.29 is 14.7 Å². The van der Waals surface area contributed by atoms with E-state index >= 15 is 0 Å². The van der Waals surface area contributed by atoms with Gasteiger partial charge in [0.15, 0.2) is 5.82 Å². The van der Waals surface area contributed by atoms with Crippen LogP contribution in [0.2, 0.25) is 0 Å². The molecule has 0 radical (unpaired) electrons. The van der Waals surface area contributed by atoms with Crippen LogP contribution in [0.15, 0.2) is 12.3 Å². The Hall–Kier alpha value is -2.95. The zero-order valence-corrected chi connectivity index (χ0v) is 18.4. The number of aromatic amines is 1. The summed E-state index contributed by atoms with van der Waals surface area (Å²) in [4.78, 5) is 28.3. The molecule has 166 valence electrons. The molecule has 11 heteroatoms. The highest BCUT2D eigenvalue weighted by molar-refractivity contribution is 7.16. The number of imidazole rings is 1. The van der Waals surface area contributed by atoms with Gasteiger partial charge < -0.3 is 15.7 Å². The Morgan fingerprint density at radius 2 is 2.26 bits per heavy atom. The lowest BCUT2D eigenvalue weighted by Crippen LogP contribution is -2.31. The van der Waals surface area contributed by atoms with E-state index in [2.05, 4.69) is 30.9 Å². The molecule has 1 saturated carbocycles. The van der Waals surface area contributed by atoms with Crippen LogP contribution in [0.3, 0.4) is 0 Å². The maximum Gasteiger partial charge on any atom is 0.404 e. The number of hydrogen-bond acceptors (Lipinski definition) is 6. The van der Waals surface area contributed by atoms with Crippen LogP contribution in [0, 0.1) is 12.8 Å². The minimum atomic E-state index is -0.969. The summed E-state index contributed by atoms with van der Waals surface area (Å²) in [5, 5.41) is 26.7. The Labute approximate surface area is 183 Å². The van der Waals surface area contributed by atoms with Gasteiger partial charge in [0, 0.05) is 23.7 Å². The number of anilines is 1. The predicted octanol–water partition coefficient (Wildman–Crippen LogP) is 3.32. The van der Waals surface area contributed by atoms with Crippen molar-refractivity contribution in [2.75, 3.05) is 5.32 Å². The highest BCUT2D eigenvalue weighted by atomic mass is 32.1. The standard InChI is InChI=1S/C20H27N7O3S/c1-11(21-20(29)30)3-4-13-5-6-14(7-13)16-9-17(25-24-16)23-18(28)8-15-10-27-19(22-15)31-12(2)26-27/h9-11,13-14,21H,3-8H2,1-2H3,(H,29,30)(H2,23,24,25,28)/t11-,13?,14?/m0/s1. The number of aryl methyl sites for hydroxylation is 1. The Morgan fingerprint density at radius 1 is 1.42 bits per heavy atom. The molecule has 3 atom stereocenters. The monoisotopic (exact) mass is 445 g/mol. The lowest BCUT2D eigenvalue weighted by atomic mass is 9.96. The largest absolute Gasteiger partial charge is 0.465 e. The maximum absolute atomic E-state index is 12.4. The zero-order chi connectivity index (χ0) is 22.0. The summed E-state index contributed by atoms with van der Waals surface area (Å²) < 4.78 is 1.70. The first-order valence-electron chi connectivity index (χ1n) is 10.5. The molecular formula is C20H27N7O3S. The van der Waals surface area contributed by atoms with Gasteiger partial charge in [0.25, 0.3) is 0 Å². The second-order valence-corrected chi connectivity index (χ2v) is 9.48. The fourth-order valence-electron chi connectivity index (χ4n) is 4.28. The summed E-state index contributed by atoms with van der Waals surface area (Å²) in [6.45, 7) is 3.82. The molecule has 3 heterocycles. The quantitative estimate of drug-likeness (QED) is 0.420. The molecular weight excluding hydrogens is 418 g/mol. The van der Waals surface area contributed by atoms with Crippen molar-refractivity contribution in [3.8, 4) is 0 Å². The summed E-state index contributed by atoms with van der Waals surface area (Å²) in [5.74, 6) is 1.33. The van der Waals surface area contributed by atoms with Gasteiger partial charge in [-0.2, -0.15) is 10.2 Å². The molecule has 0 spiro atoms. The molecule has 2 amide bonds. The number of aromatic nitrogens is 5. The van der Waals surface area contributed by atoms with Gasteiger partial charge in [0.05, 0.1) is 18.3 Å². The van der Waals surface area contributed by atoms with Crippen molar-refractivity contribution in [1.82, 2.24) is 30.1 Å². The highest BCUT2D eigenvalue weighted by Gasteiger charge is 2.27. The van der Waals surface area contributed by atoms with E-state index in [1.165, 1.54) is 11.3 Å². The molecule has 2 unspecified atom stereocenters. The van der Waals surface area contributed by atoms with Gasteiger partial charge in [-0.15, -0.1) is 0 Å². The molecule has 0 saturated heterocycles. The van der Waals surface area contributed by atoms with Gasteiger partial charge in [-0.05, 0) is 51.9 Å². The molecule has 0 aliphatic heterocycles. The molecule has 3 aromatic heterocycles. The van der Waals surface area contributed by atoms with Crippen molar-refractivity contribution in [1.29, 1.82) is 0 Å². The first kappa shape index (κ1) is 21.3. The molecule has 3 aromatic rings. The molecule has 10 nitrogen and oxygen atoms in total. The van der Waals surface area contributed by atoms with Crippen LogP contribution in [0.5, 0.6) is 0 Å². The lowest BCUT2D eigenvalue weighted by molar-refractivity contribution is -0.115. The number of nitrogens with one attached hydrogen (secondary N) is 3. The number of nitrogens with zero attached hydrogens (tertiary/aromatic N) is 4. The Bertz CT molecular complexity index is 1040. The van der Waals surface area contributed by atoms with Crippen molar-refractivity contribution in [3.05, 3.63) is 28.7 Å². The van der Waals surface area contributed by atoms with Crippen LogP contribution in [0.1, 0.15) is 61.3 Å². The van der Waals surface area contributed by atoms with Crippen LogP contribution in [0.4, 0.5) is 10.6 Å². The van der Waals surface area contributed by atoms with Gasteiger partial charge in [0.2, 0.25) is 10.9 Å². The molecule has 1 aliphatic carbocycles. The average molecular weight is 446 g/mol. The van der Waals surface area contributed by atoms with E-state index in [4.69, 9.17) is 5.11 Å². The number of amides is 2. The summed E-state index contributed by atoms with van der Waals surface area (Å²) >= 11 is 1.49. The number of carboxylic acid groups (broad SMARTS) is 1. The lowest BCUT2D eigenvalue weighted by Gasteiger charge is -2.14. The Kier molecular flexibility index (Phi) is 6.21. The highest BCUT2D eigenvalue weighted by Crippen LogP contribution is 2.40. The van der Waals surface area contributed by atoms with E-state index in [-0.39, 0.29) is 18.4 Å². The molecule has 31 heavy (non-hydrogen) atoms. The number of carbonyl (C=O) groups excluding carboxylic acids is 1. The third-order valence-corrected chi connectivity index (χ3v) is 6.60. The van der Waals surface area contributed by atoms with Crippen molar-refractivity contribution in [2.45, 2.75) is 64.3 Å². The van der Waals surface area contributed by atoms with Gasteiger partial charge in [-0.3, -0.25) is 9.89 Å². The number of carbonyl (C=O) groups is 2. The molecule has 0 bridgehead atoms. The summed E-state index contributed by atoms with van der Waals surface area (Å²) in [6, 6.07) is 1.88. The van der Waals surface area contributed by atoms with E-state index in [9.17, 15) is 9.59 Å².